The number of nitrogens with zero attached hydrogens (tertiary/aromatic N) is 1. The molecule has 0 atom stereocenters. The van der Waals surface area contributed by atoms with E-state index >= 15 is 0 Å². The summed E-state index contributed by atoms with van der Waals surface area (Å²) >= 11 is 5.77. The van der Waals surface area contributed by atoms with Crippen LogP contribution in [0.15, 0.2) is 11.6 Å². The van der Waals surface area contributed by atoms with E-state index in [0.29, 0.717) is 5.88 Å². The van der Waals surface area contributed by atoms with E-state index in [4.69, 9.17) is 11.6 Å². The van der Waals surface area contributed by atoms with E-state index < -0.39 is 5.41 Å². The highest BCUT2D eigenvalue weighted by molar-refractivity contribution is 6.19. The van der Waals surface area contributed by atoms with Gasteiger partial charge < -0.3 is 4.90 Å². The molecule has 1 aliphatic heterocycles. The summed E-state index contributed by atoms with van der Waals surface area (Å²) in [6.07, 6.45) is 3.11. The molecule has 1 heterocycles. The predicted molar refractivity (Wildman–Crippen MR) is 59.5 cm³/mol. The van der Waals surface area contributed by atoms with Crippen LogP contribution in [0.1, 0.15) is 27.2 Å². The highest BCUT2D eigenvalue weighted by atomic mass is 35.5. The van der Waals surface area contributed by atoms with Crippen molar-refractivity contribution in [1.82, 2.24) is 4.90 Å². The Morgan fingerprint density at radius 3 is 2.71 bits per heavy atom. The number of hydrogen-bond donors (Lipinski definition) is 0. The molecule has 0 aromatic heterocycles. The van der Waals surface area contributed by atoms with Crippen LogP contribution in [0.5, 0.6) is 0 Å². The summed E-state index contributed by atoms with van der Waals surface area (Å²) < 4.78 is 0. The van der Waals surface area contributed by atoms with Gasteiger partial charge in [0.1, 0.15) is 0 Å². The van der Waals surface area contributed by atoms with Crippen molar-refractivity contribution in [1.29, 1.82) is 0 Å². The van der Waals surface area contributed by atoms with Gasteiger partial charge in [0.15, 0.2) is 0 Å². The third kappa shape index (κ3) is 2.50. The first kappa shape index (κ1) is 11.6. The fraction of sp³-hybridized carbons (Fsp3) is 0.727. The van der Waals surface area contributed by atoms with Gasteiger partial charge in [-0.3, -0.25) is 4.79 Å². The Morgan fingerprint density at radius 2 is 2.29 bits per heavy atom. The maximum atomic E-state index is 12.0. The summed E-state index contributed by atoms with van der Waals surface area (Å²) in [7, 11) is 0. The van der Waals surface area contributed by atoms with Crippen LogP contribution in [0.25, 0.3) is 0 Å². The Hall–Kier alpha value is -0.500. The maximum Gasteiger partial charge on any atom is 0.229 e. The van der Waals surface area contributed by atoms with Crippen molar-refractivity contribution in [3.05, 3.63) is 11.6 Å². The van der Waals surface area contributed by atoms with Crippen LogP contribution in [0, 0.1) is 5.41 Å². The zero-order chi connectivity index (χ0) is 10.8. The molecule has 80 valence electrons. The van der Waals surface area contributed by atoms with E-state index in [-0.39, 0.29) is 5.91 Å². The topological polar surface area (TPSA) is 20.3 Å². The number of alkyl halides is 1. The summed E-state index contributed by atoms with van der Waals surface area (Å²) in [6, 6.07) is 0. The first-order valence-electron chi connectivity index (χ1n) is 4.98. The second-order valence-electron chi connectivity index (χ2n) is 4.57. The maximum absolute atomic E-state index is 12.0. The molecule has 0 saturated heterocycles. The van der Waals surface area contributed by atoms with E-state index in [1.165, 1.54) is 5.57 Å². The highest BCUT2D eigenvalue weighted by Gasteiger charge is 2.31. The van der Waals surface area contributed by atoms with Gasteiger partial charge in [-0.1, -0.05) is 11.6 Å². The number of carbonyl (C=O) groups is 1. The van der Waals surface area contributed by atoms with E-state index in [1.807, 2.05) is 18.7 Å². The van der Waals surface area contributed by atoms with Crippen molar-refractivity contribution < 1.29 is 4.79 Å². The monoisotopic (exact) mass is 215 g/mol. The molecule has 0 bridgehead atoms. The van der Waals surface area contributed by atoms with Crippen LogP contribution >= 0.6 is 11.6 Å². The summed E-state index contributed by atoms with van der Waals surface area (Å²) in [5, 5.41) is 0. The molecule has 1 aliphatic rings. The lowest BCUT2D eigenvalue weighted by Gasteiger charge is -2.32. The van der Waals surface area contributed by atoms with Gasteiger partial charge >= 0.3 is 0 Å². The normalized spacial score (nSPS) is 18.0. The standard InChI is InChI=1S/C11H18ClNO/c1-9-4-6-13(7-5-9)10(14)11(2,3)8-12/h4H,5-8H2,1-3H3. The summed E-state index contributed by atoms with van der Waals surface area (Å²) in [6.45, 7) is 7.47. The minimum Gasteiger partial charge on any atom is -0.338 e. The first-order chi connectivity index (χ1) is 6.47. The van der Waals surface area contributed by atoms with Gasteiger partial charge in [0.2, 0.25) is 5.91 Å². The summed E-state index contributed by atoms with van der Waals surface area (Å²) in [4.78, 5) is 13.9. The van der Waals surface area contributed by atoms with E-state index in [1.54, 1.807) is 0 Å². The molecule has 3 heteroatoms. The fourth-order valence-corrected chi connectivity index (χ4v) is 1.55. The van der Waals surface area contributed by atoms with Gasteiger partial charge in [0.05, 0.1) is 5.41 Å². The minimum absolute atomic E-state index is 0.163. The molecule has 0 N–H and O–H groups in total. The average molecular weight is 216 g/mol. The molecular weight excluding hydrogens is 198 g/mol. The molecule has 0 radical (unpaired) electrons. The molecular formula is C11H18ClNO. The minimum atomic E-state index is -0.430. The molecule has 1 amide bonds. The molecule has 0 saturated carbocycles. The zero-order valence-corrected chi connectivity index (χ0v) is 9.90. The molecule has 2 nitrogen and oxygen atoms in total. The molecule has 0 aliphatic carbocycles. The molecule has 14 heavy (non-hydrogen) atoms. The van der Waals surface area contributed by atoms with Gasteiger partial charge in [-0.25, -0.2) is 0 Å². The number of carbonyl (C=O) groups excluding carboxylic acids is 1. The predicted octanol–water partition coefficient (Wildman–Crippen LogP) is 2.43. The molecule has 0 fully saturated rings. The van der Waals surface area contributed by atoms with Crippen LogP contribution in [0.3, 0.4) is 0 Å². The van der Waals surface area contributed by atoms with Crippen molar-refractivity contribution in [3.8, 4) is 0 Å². The van der Waals surface area contributed by atoms with Crippen molar-refractivity contribution >= 4 is 17.5 Å². The summed E-state index contributed by atoms with van der Waals surface area (Å²) in [5.41, 5.74) is 0.943. The third-order valence-electron chi connectivity index (χ3n) is 2.64. The van der Waals surface area contributed by atoms with Crippen LogP contribution in [0.4, 0.5) is 0 Å². The Kier molecular flexibility index (Phi) is 3.59. The molecule has 0 spiro atoms. The quantitative estimate of drug-likeness (QED) is 0.512. The Bertz CT molecular complexity index is 258. The Labute approximate surface area is 90.9 Å². The van der Waals surface area contributed by atoms with Gasteiger partial charge in [0, 0.05) is 19.0 Å². The highest BCUT2D eigenvalue weighted by Crippen LogP contribution is 2.22. The van der Waals surface area contributed by atoms with E-state index in [0.717, 1.165) is 19.5 Å². The smallest absolute Gasteiger partial charge is 0.229 e. The van der Waals surface area contributed by atoms with E-state index in [2.05, 4.69) is 13.0 Å². The lowest BCUT2D eigenvalue weighted by molar-refractivity contribution is -0.138. The third-order valence-corrected chi connectivity index (χ3v) is 3.30. The van der Waals surface area contributed by atoms with Crippen LogP contribution < -0.4 is 0 Å². The molecule has 1 rings (SSSR count). The molecule has 0 aromatic rings. The van der Waals surface area contributed by atoms with Crippen molar-refractivity contribution in [3.63, 3.8) is 0 Å². The van der Waals surface area contributed by atoms with Crippen molar-refractivity contribution in [2.75, 3.05) is 19.0 Å². The zero-order valence-electron chi connectivity index (χ0n) is 9.14. The van der Waals surface area contributed by atoms with Crippen molar-refractivity contribution in [2.45, 2.75) is 27.2 Å². The van der Waals surface area contributed by atoms with Gasteiger partial charge in [-0.2, -0.15) is 0 Å². The molecule has 0 aromatic carbocycles. The van der Waals surface area contributed by atoms with Crippen LogP contribution in [0.2, 0.25) is 0 Å². The van der Waals surface area contributed by atoms with Gasteiger partial charge in [0.25, 0.3) is 0 Å². The van der Waals surface area contributed by atoms with Crippen LogP contribution in [-0.4, -0.2) is 29.8 Å². The average Bonchev–Trinajstić information content (AvgIpc) is 2.18. The van der Waals surface area contributed by atoms with E-state index in [9.17, 15) is 4.79 Å². The van der Waals surface area contributed by atoms with Gasteiger partial charge in [-0.15, -0.1) is 11.6 Å². The lowest BCUT2D eigenvalue weighted by Crippen LogP contribution is -2.43. The molecule has 0 unspecified atom stereocenters. The summed E-state index contributed by atoms with van der Waals surface area (Å²) in [5.74, 6) is 0.543. The van der Waals surface area contributed by atoms with Crippen LogP contribution in [-0.2, 0) is 4.79 Å². The fourth-order valence-electron chi connectivity index (χ4n) is 1.44. The second-order valence-corrected chi connectivity index (χ2v) is 4.84. The van der Waals surface area contributed by atoms with Crippen molar-refractivity contribution in [2.24, 2.45) is 5.41 Å². The SMILES string of the molecule is CC1=CCN(C(=O)C(C)(C)CCl)CC1. The Morgan fingerprint density at radius 1 is 1.64 bits per heavy atom. The second kappa shape index (κ2) is 4.35. The Balaban J connectivity index is 2.63. The number of rotatable bonds is 2. The number of halogens is 1. The van der Waals surface area contributed by atoms with Gasteiger partial charge in [-0.05, 0) is 27.2 Å². The lowest BCUT2D eigenvalue weighted by atomic mass is 9.93. The first-order valence-corrected chi connectivity index (χ1v) is 5.52. The largest absolute Gasteiger partial charge is 0.338 e. The number of amides is 1. The number of hydrogen-bond acceptors (Lipinski definition) is 1.